The third kappa shape index (κ3) is 2.54. The number of rotatable bonds is 2. The van der Waals surface area contributed by atoms with Crippen LogP contribution in [-0.2, 0) is 15.7 Å². The first-order valence-electron chi connectivity index (χ1n) is 3.76. The Morgan fingerprint density at radius 1 is 1.45 bits per heavy atom. The summed E-state index contributed by atoms with van der Waals surface area (Å²) in [6.45, 7) is 7.25. The van der Waals surface area contributed by atoms with Crippen molar-refractivity contribution in [3.05, 3.63) is 0 Å². The molecule has 66 valence electrons. The second-order valence-corrected chi connectivity index (χ2v) is 5.73. The maximum Gasteiger partial charge on any atom is 0.0974 e. The molecule has 3 nitrogen and oxygen atoms in total. The molecule has 0 radical (unpaired) electrons. The average Bonchev–Trinajstić information content (AvgIpc) is 1.75. The number of nitrogens with one attached hydrogen (secondary N) is 1. The van der Waals surface area contributed by atoms with Gasteiger partial charge in [0.1, 0.15) is 0 Å². The second kappa shape index (κ2) is 3.21. The van der Waals surface area contributed by atoms with E-state index in [0.717, 1.165) is 0 Å². The Balaban J connectivity index is 2.30. The highest BCUT2D eigenvalue weighted by Crippen LogP contribution is 2.11. The first-order chi connectivity index (χ1) is 5.00. The van der Waals surface area contributed by atoms with Gasteiger partial charge < -0.3 is 4.74 Å². The van der Waals surface area contributed by atoms with Crippen molar-refractivity contribution < 1.29 is 8.95 Å². The summed E-state index contributed by atoms with van der Waals surface area (Å²) in [5.41, 5.74) is 0. The van der Waals surface area contributed by atoms with Gasteiger partial charge >= 0.3 is 0 Å². The molecule has 1 aliphatic rings. The summed E-state index contributed by atoms with van der Waals surface area (Å²) in [7, 11) is -0.946. The summed E-state index contributed by atoms with van der Waals surface area (Å²) in [5, 5.41) is 0. The molecule has 0 saturated carbocycles. The normalized spacial score (nSPS) is 22.8. The molecule has 0 aromatic heterocycles. The minimum Gasteiger partial charge on any atom is -0.378 e. The van der Waals surface area contributed by atoms with Gasteiger partial charge in [-0.2, -0.15) is 0 Å². The summed E-state index contributed by atoms with van der Waals surface area (Å²) < 4.78 is 19.2. The molecule has 0 unspecified atom stereocenters. The molecule has 1 rings (SSSR count). The lowest BCUT2D eigenvalue weighted by Crippen LogP contribution is -2.50. The molecule has 0 amide bonds. The predicted octanol–water partition coefficient (Wildman–Crippen LogP) is 0.437. The first-order valence-corrected chi connectivity index (χ1v) is 4.91. The van der Waals surface area contributed by atoms with Crippen LogP contribution in [0.15, 0.2) is 0 Å². The highest BCUT2D eigenvalue weighted by Gasteiger charge is 2.26. The fourth-order valence-electron chi connectivity index (χ4n) is 0.632. The predicted molar refractivity (Wildman–Crippen MR) is 45.6 cm³/mol. The van der Waals surface area contributed by atoms with Crippen molar-refractivity contribution in [2.75, 3.05) is 13.2 Å². The van der Waals surface area contributed by atoms with Crippen LogP contribution in [0.5, 0.6) is 0 Å². The van der Waals surface area contributed by atoms with Crippen molar-refractivity contribution in [2.45, 2.75) is 31.6 Å². The molecule has 1 saturated heterocycles. The third-order valence-corrected chi connectivity index (χ3v) is 3.13. The zero-order chi connectivity index (χ0) is 8.48. The minimum atomic E-state index is -0.946. The van der Waals surface area contributed by atoms with E-state index < -0.39 is 11.0 Å². The topological polar surface area (TPSA) is 38.3 Å². The molecule has 1 heterocycles. The number of ether oxygens (including phenoxy) is 1. The molecule has 0 bridgehead atoms. The Hall–Kier alpha value is 0.0700. The molecule has 0 aromatic carbocycles. The second-order valence-electron chi connectivity index (χ2n) is 3.73. The zero-order valence-electron chi connectivity index (χ0n) is 7.22. The summed E-state index contributed by atoms with van der Waals surface area (Å²) in [4.78, 5) is 0. The third-order valence-electron chi connectivity index (χ3n) is 1.47. The van der Waals surface area contributed by atoms with E-state index in [4.69, 9.17) is 4.74 Å². The molecule has 4 heteroatoms. The van der Waals surface area contributed by atoms with E-state index in [1.165, 1.54) is 0 Å². The van der Waals surface area contributed by atoms with Crippen LogP contribution in [0.4, 0.5) is 0 Å². The largest absolute Gasteiger partial charge is 0.378 e. The smallest absolute Gasteiger partial charge is 0.0974 e. The number of hydrogen-bond donors (Lipinski definition) is 1. The summed E-state index contributed by atoms with van der Waals surface area (Å²) in [5.74, 6) is 0. The summed E-state index contributed by atoms with van der Waals surface area (Å²) in [6.07, 6.45) is 0. The molecule has 0 aliphatic carbocycles. The molecule has 0 spiro atoms. The van der Waals surface area contributed by atoms with E-state index in [1.54, 1.807) is 0 Å². The van der Waals surface area contributed by atoms with Crippen LogP contribution in [0, 0.1) is 0 Å². The lowest BCUT2D eigenvalue weighted by molar-refractivity contribution is 0.00523. The van der Waals surface area contributed by atoms with E-state index >= 15 is 0 Å². The quantitative estimate of drug-likeness (QED) is 0.664. The summed E-state index contributed by atoms with van der Waals surface area (Å²) >= 11 is 0. The molecular formula is C7H15NO2S. The van der Waals surface area contributed by atoms with Gasteiger partial charge in [0, 0.05) is 0 Å². The Bertz CT molecular complexity index is 160. The minimum absolute atomic E-state index is 0.171. The van der Waals surface area contributed by atoms with Gasteiger partial charge in [-0.25, -0.2) is 8.93 Å². The molecular weight excluding hydrogens is 162 g/mol. The standard InChI is InChI=1S/C7H15NO2S/c1-7(2,3)11(9)8-6-4-10-5-6/h6,8H,4-5H2,1-3H3/t11-/m1/s1. The van der Waals surface area contributed by atoms with Crippen LogP contribution in [0.3, 0.4) is 0 Å². The van der Waals surface area contributed by atoms with Gasteiger partial charge in [-0.1, -0.05) is 0 Å². The first kappa shape index (κ1) is 9.16. The Labute approximate surface area is 70.1 Å². The lowest BCUT2D eigenvalue weighted by Gasteiger charge is -2.29. The van der Waals surface area contributed by atoms with Crippen molar-refractivity contribution in [1.29, 1.82) is 0 Å². The summed E-state index contributed by atoms with van der Waals surface area (Å²) in [6, 6.07) is 0.301. The molecule has 0 aromatic rings. The van der Waals surface area contributed by atoms with Gasteiger partial charge in [-0.3, -0.25) is 0 Å². The van der Waals surface area contributed by atoms with Gasteiger partial charge in [0.25, 0.3) is 0 Å². The van der Waals surface area contributed by atoms with E-state index in [1.807, 2.05) is 20.8 Å². The van der Waals surface area contributed by atoms with Gasteiger partial charge in [-0.05, 0) is 20.8 Å². The highest BCUT2D eigenvalue weighted by atomic mass is 32.2. The van der Waals surface area contributed by atoms with E-state index in [-0.39, 0.29) is 4.75 Å². The van der Waals surface area contributed by atoms with Crippen molar-refractivity contribution in [3.8, 4) is 0 Å². The van der Waals surface area contributed by atoms with Gasteiger partial charge in [0.2, 0.25) is 0 Å². The van der Waals surface area contributed by atoms with Crippen molar-refractivity contribution >= 4 is 11.0 Å². The molecule has 1 fully saturated rings. The van der Waals surface area contributed by atoms with E-state index in [2.05, 4.69) is 4.72 Å². The molecule has 1 N–H and O–H groups in total. The average molecular weight is 177 g/mol. The van der Waals surface area contributed by atoms with E-state index in [9.17, 15) is 4.21 Å². The SMILES string of the molecule is CC(C)(C)[S@@](=O)NC1COC1. The van der Waals surface area contributed by atoms with Crippen LogP contribution in [0.2, 0.25) is 0 Å². The van der Waals surface area contributed by atoms with Crippen molar-refractivity contribution in [2.24, 2.45) is 0 Å². The van der Waals surface area contributed by atoms with Crippen LogP contribution >= 0.6 is 0 Å². The van der Waals surface area contributed by atoms with Gasteiger partial charge in [0.15, 0.2) is 0 Å². The van der Waals surface area contributed by atoms with Crippen LogP contribution in [-0.4, -0.2) is 28.2 Å². The fourth-order valence-corrected chi connectivity index (χ4v) is 1.42. The maximum absolute atomic E-state index is 11.4. The monoisotopic (exact) mass is 177 g/mol. The molecule has 1 aliphatic heterocycles. The lowest BCUT2D eigenvalue weighted by atomic mass is 10.3. The van der Waals surface area contributed by atoms with Gasteiger partial charge in [-0.15, -0.1) is 0 Å². The molecule has 11 heavy (non-hydrogen) atoms. The van der Waals surface area contributed by atoms with E-state index in [0.29, 0.717) is 19.3 Å². The fraction of sp³-hybridized carbons (Fsp3) is 1.00. The zero-order valence-corrected chi connectivity index (χ0v) is 8.03. The Kier molecular flexibility index (Phi) is 2.67. The Morgan fingerprint density at radius 3 is 2.27 bits per heavy atom. The Morgan fingerprint density at radius 2 is 2.00 bits per heavy atom. The van der Waals surface area contributed by atoms with Crippen LogP contribution in [0.1, 0.15) is 20.8 Å². The number of hydrogen-bond acceptors (Lipinski definition) is 2. The van der Waals surface area contributed by atoms with Crippen LogP contribution in [0.25, 0.3) is 0 Å². The van der Waals surface area contributed by atoms with Crippen molar-refractivity contribution in [3.63, 3.8) is 0 Å². The highest BCUT2D eigenvalue weighted by molar-refractivity contribution is 7.84. The molecule has 1 atom stereocenters. The van der Waals surface area contributed by atoms with Gasteiger partial charge in [0.05, 0.1) is 35.0 Å². The van der Waals surface area contributed by atoms with Crippen LogP contribution < -0.4 is 4.72 Å². The maximum atomic E-state index is 11.4. The van der Waals surface area contributed by atoms with Crippen molar-refractivity contribution in [1.82, 2.24) is 4.72 Å².